The van der Waals surface area contributed by atoms with Gasteiger partial charge in [-0.15, -0.1) is 0 Å². The number of amides is 3. The molecule has 5 N–H and O–H groups in total. The summed E-state index contributed by atoms with van der Waals surface area (Å²) in [6.07, 6.45) is 0.813. The van der Waals surface area contributed by atoms with E-state index >= 15 is 0 Å². The molecule has 2 aromatic carbocycles. The van der Waals surface area contributed by atoms with Crippen LogP contribution in [0.5, 0.6) is 5.75 Å². The number of aliphatic carboxylic acids is 1. The number of carboxylic acid groups (broad SMARTS) is 1. The average molecular weight is 541 g/mol. The maximum Gasteiger partial charge on any atom is 0.320 e. The molecule has 0 aliphatic rings. The summed E-state index contributed by atoms with van der Waals surface area (Å²) in [5, 5.41) is 15.5. The first-order chi connectivity index (χ1) is 18.5. The van der Waals surface area contributed by atoms with Gasteiger partial charge in [0.2, 0.25) is 17.7 Å². The molecule has 2 rings (SSSR count). The summed E-state index contributed by atoms with van der Waals surface area (Å²) in [5.41, 5.74) is 7.31. The molecule has 0 bridgehead atoms. The van der Waals surface area contributed by atoms with Crippen LogP contribution in [0.25, 0.3) is 0 Å². The lowest BCUT2D eigenvalue weighted by molar-refractivity contribution is -0.143. The first kappa shape index (κ1) is 31.3. The third-order valence-electron chi connectivity index (χ3n) is 6.40. The van der Waals surface area contributed by atoms with Gasteiger partial charge in [-0.2, -0.15) is 0 Å². The highest BCUT2D eigenvalue weighted by Crippen LogP contribution is 2.16. The van der Waals surface area contributed by atoms with Crippen molar-refractivity contribution in [3.05, 3.63) is 65.7 Å². The minimum absolute atomic E-state index is 0.0634. The van der Waals surface area contributed by atoms with Crippen LogP contribution in [-0.2, 0) is 32.0 Å². The molecule has 0 fully saturated rings. The van der Waals surface area contributed by atoms with Gasteiger partial charge in [-0.25, -0.2) is 0 Å². The third kappa shape index (κ3) is 10.4. The number of primary amides is 1. The van der Waals surface area contributed by atoms with Crippen molar-refractivity contribution in [1.29, 1.82) is 0 Å². The Kier molecular flexibility index (Phi) is 12.4. The fraction of sp³-hybridized carbons (Fsp3) is 0.448. The molecule has 212 valence electrons. The number of hydrogen-bond acceptors (Lipinski definition) is 6. The van der Waals surface area contributed by atoms with Gasteiger partial charge in [0.15, 0.2) is 0 Å². The minimum atomic E-state index is -1.14. The number of carbonyl (C=O) groups excluding carboxylic acids is 3. The maximum absolute atomic E-state index is 13.5. The zero-order chi connectivity index (χ0) is 28.9. The summed E-state index contributed by atoms with van der Waals surface area (Å²) in [5.74, 6) is -1.73. The quantitative estimate of drug-likeness (QED) is 0.253. The Morgan fingerprint density at radius 2 is 1.62 bits per heavy atom. The molecule has 0 aromatic heterocycles. The molecule has 3 atom stereocenters. The summed E-state index contributed by atoms with van der Waals surface area (Å²) in [6, 6.07) is 13.5. The second kappa shape index (κ2) is 15.5. The Hall–Kier alpha value is -3.92. The molecule has 0 aliphatic carbocycles. The van der Waals surface area contributed by atoms with Crippen LogP contribution in [0.15, 0.2) is 54.6 Å². The number of ether oxygens (including phenoxy) is 1. The molecule has 0 unspecified atom stereocenters. The summed E-state index contributed by atoms with van der Waals surface area (Å²) in [4.78, 5) is 51.4. The van der Waals surface area contributed by atoms with Crippen molar-refractivity contribution in [3.8, 4) is 5.75 Å². The van der Waals surface area contributed by atoms with Gasteiger partial charge in [-0.1, -0.05) is 56.3 Å². The lowest BCUT2D eigenvalue weighted by Gasteiger charge is -2.32. The molecule has 39 heavy (non-hydrogen) atoms. The van der Waals surface area contributed by atoms with Gasteiger partial charge in [0.1, 0.15) is 17.8 Å². The fourth-order valence-corrected chi connectivity index (χ4v) is 4.24. The van der Waals surface area contributed by atoms with Crippen molar-refractivity contribution < 1.29 is 29.0 Å². The number of likely N-dealkylation sites (N-methyl/N-ethyl adjacent to an activating group) is 1. The highest BCUT2D eigenvalue weighted by atomic mass is 16.5. The van der Waals surface area contributed by atoms with Crippen molar-refractivity contribution in [2.45, 2.75) is 57.7 Å². The smallest absolute Gasteiger partial charge is 0.320 e. The van der Waals surface area contributed by atoms with Gasteiger partial charge in [0, 0.05) is 20.0 Å². The van der Waals surface area contributed by atoms with Crippen LogP contribution in [0.1, 0.15) is 37.8 Å². The van der Waals surface area contributed by atoms with Gasteiger partial charge in [-0.05, 0) is 42.0 Å². The minimum Gasteiger partial charge on any atom is -0.497 e. The fourth-order valence-electron chi connectivity index (χ4n) is 4.24. The van der Waals surface area contributed by atoms with Crippen molar-refractivity contribution in [1.82, 2.24) is 15.5 Å². The van der Waals surface area contributed by atoms with Crippen LogP contribution in [0.4, 0.5) is 0 Å². The van der Waals surface area contributed by atoms with E-state index in [1.807, 2.05) is 44.2 Å². The largest absolute Gasteiger partial charge is 0.497 e. The number of nitrogens with two attached hydrogens (primary N) is 1. The number of hydrogen-bond donors (Lipinski definition) is 4. The Morgan fingerprint density at radius 1 is 0.974 bits per heavy atom. The van der Waals surface area contributed by atoms with Crippen LogP contribution in [0.3, 0.4) is 0 Å². The Balaban J connectivity index is 2.07. The van der Waals surface area contributed by atoms with Gasteiger partial charge in [0.05, 0.1) is 19.6 Å². The molecular formula is C29H40N4O6. The number of benzene rings is 2. The summed E-state index contributed by atoms with van der Waals surface area (Å²) < 4.78 is 5.16. The predicted octanol–water partition coefficient (Wildman–Crippen LogP) is 1.76. The van der Waals surface area contributed by atoms with Gasteiger partial charge in [0.25, 0.3) is 0 Å². The Labute approximate surface area is 229 Å². The number of carboxylic acids is 1. The molecule has 0 heterocycles. The van der Waals surface area contributed by atoms with Crippen molar-refractivity contribution in [2.24, 2.45) is 11.7 Å². The van der Waals surface area contributed by atoms with E-state index in [1.165, 1.54) is 11.9 Å². The van der Waals surface area contributed by atoms with E-state index in [-0.39, 0.29) is 37.6 Å². The average Bonchev–Trinajstić information content (AvgIpc) is 2.90. The van der Waals surface area contributed by atoms with E-state index in [0.717, 1.165) is 11.1 Å². The maximum atomic E-state index is 13.5. The van der Waals surface area contributed by atoms with Crippen molar-refractivity contribution >= 4 is 23.7 Å². The standard InChI is InChI=1S/C29H40N4O6/c1-19(2)16-24(28(36)33(3)25(27(30)35)17-21-10-12-22(39-4)13-11-21)32-23(29(37)38)14-15-31-26(34)18-20-8-6-5-7-9-20/h5-13,19,23-25,32H,14-18H2,1-4H3,(H2,30,35)(H,31,34)(H,37,38)/t23-,24-,25-/m0/s1. The number of methoxy groups -OCH3 is 1. The Bertz CT molecular complexity index is 1090. The second-order valence-electron chi connectivity index (χ2n) is 9.96. The third-order valence-corrected chi connectivity index (χ3v) is 6.40. The van der Waals surface area contributed by atoms with Crippen molar-refractivity contribution in [2.75, 3.05) is 20.7 Å². The summed E-state index contributed by atoms with van der Waals surface area (Å²) in [6.45, 7) is 3.96. The highest BCUT2D eigenvalue weighted by molar-refractivity contribution is 5.89. The van der Waals surface area contributed by atoms with Crippen LogP contribution >= 0.6 is 0 Å². The van der Waals surface area contributed by atoms with Crippen LogP contribution in [0, 0.1) is 5.92 Å². The zero-order valence-corrected chi connectivity index (χ0v) is 23.1. The zero-order valence-electron chi connectivity index (χ0n) is 23.1. The number of nitrogens with one attached hydrogen (secondary N) is 2. The van der Waals surface area contributed by atoms with E-state index < -0.39 is 35.9 Å². The van der Waals surface area contributed by atoms with Crippen LogP contribution in [0.2, 0.25) is 0 Å². The van der Waals surface area contributed by atoms with E-state index in [9.17, 15) is 24.3 Å². The van der Waals surface area contributed by atoms with Gasteiger partial charge < -0.3 is 25.8 Å². The molecule has 10 nitrogen and oxygen atoms in total. The number of nitrogens with zero attached hydrogens (tertiary/aromatic N) is 1. The molecule has 0 aliphatic heterocycles. The van der Waals surface area contributed by atoms with Crippen LogP contribution in [-0.4, -0.2) is 72.5 Å². The SMILES string of the molecule is COc1ccc(C[C@@H](C(N)=O)N(C)C(=O)[C@H](CC(C)C)N[C@@H](CCNC(=O)Cc2ccccc2)C(=O)O)cc1. The molecule has 2 aromatic rings. The lowest BCUT2D eigenvalue weighted by Crippen LogP contribution is -2.56. The van der Waals surface area contributed by atoms with E-state index in [4.69, 9.17) is 10.5 Å². The molecule has 0 saturated heterocycles. The molecule has 0 saturated carbocycles. The second-order valence-corrected chi connectivity index (χ2v) is 9.96. The van der Waals surface area contributed by atoms with E-state index in [0.29, 0.717) is 12.2 Å². The molecule has 10 heteroatoms. The molecule has 3 amide bonds. The van der Waals surface area contributed by atoms with Crippen LogP contribution < -0.4 is 21.1 Å². The molecular weight excluding hydrogens is 500 g/mol. The highest BCUT2D eigenvalue weighted by Gasteiger charge is 2.33. The van der Waals surface area contributed by atoms with E-state index in [1.54, 1.807) is 31.4 Å². The molecule has 0 radical (unpaired) electrons. The molecule has 0 spiro atoms. The Morgan fingerprint density at radius 3 is 2.15 bits per heavy atom. The number of rotatable bonds is 16. The normalized spacial score (nSPS) is 13.3. The summed E-state index contributed by atoms with van der Waals surface area (Å²) >= 11 is 0. The number of carbonyl (C=O) groups is 4. The first-order valence-corrected chi connectivity index (χ1v) is 13.0. The lowest BCUT2D eigenvalue weighted by atomic mass is 9.98. The first-order valence-electron chi connectivity index (χ1n) is 13.0. The van der Waals surface area contributed by atoms with Crippen molar-refractivity contribution in [3.63, 3.8) is 0 Å². The predicted molar refractivity (Wildman–Crippen MR) is 148 cm³/mol. The van der Waals surface area contributed by atoms with Gasteiger partial charge >= 0.3 is 5.97 Å². The monoisotopic (exact) mass is 540 g/mol. The summed E-state index contributed by atoms with van der Waals surface area (Å²) in [7, 11) is 3.05. The topological polar surface area (TPSA) is 151 Å². The van der Waals surface area contributed by atoms with Gasteiger partial charge in [-0.3, -0.25) is 24.5 Å². The van der Waals surface area contributed by atoms with E-state index in [2.05, 4.69) is 10.6 Å².